The molecule has 1 aromatic rings. The summed E-state index contributed by atoms with van der Waals surface area (Å²) in [5.74, 6) is -1.62. The van der Waals surface area contributed by atoms with E-state index in [4.69, 9.17) is 5.11 Å². The molecule has 2 N–H and O–H groups in total. The second-order valence-corrected chi connectivity index (χ2v) is 4.24. The van der Waals surface area contributed by atoms with Gasteiger partial charge in [0.25, 0.3) is 5.91 Å². The van der Waals surface area contributed by atoms with Gasteiger partial charge in [-0.2, -0.15) is 0 Å². The summed E-state index contributed by atoms with van der Waals surface area (Å²) < 4.78 is 0. The minimum atomic E-state index is -0.860. The van der Waals surface area contributed by atoms with Crippen molar-refractivity contribution in [2.75, 3.05) is 0 Å². The molecule has 0 aromatic carbocycles. The molecule has 5 nitrogen and oxygen atoms in total. The Bertz CT molecular complexity index is 427. The van der Waals surface area contributed by atoms with Crippen LogP contribution in [0.1, 0.15) is 16.9 Å². The Labute approximate surface area is 95.8 Å². The lowest BCUT2D eigenvalue weighted by Crippen LogP contribution is -2.33. The topological polar surface area (TPSA) is 79.3 Å². The first-order valence-corrected chi connectivity index (χ1v) is 5.71. The predicted molar refractivity (Wildman–Crippen MR) is 58.3 cm³/mol. The van der Waals surface area contributed by atoms with E-state index >= 15 is 0 Å². The number of carbonyl (C=O) groups is 2. The van der Waals surface area contributed by atoms with Crippen molar-refractivity contribution in [2.24, 2.45) is 5.92 Å². The van der Waals surface area contributed by atoms with Crippen LogP contribution in [0.2, 0.25) is 0 Å². The van der Waals surface area contributed by atoms with Gasteiger partial charge in [-0.15, -0.1) is 11.3 Å². The maximum Gasteiger partial charge on any atom is 0.310 e. The average molecular weight is 238 g/mol. The molecule has 0 saturated carbocycles. The van der Waals surface area contributed by atoms with Gasteiger partial charge in [0.2, 0.25) is 0 Å². The van der Waals surface area contributed by atoms with Gasteiger partial charge in [-0.3, -0.25) is 9.59 Å². The fraction of sp³-hybridized carbons (Fsp3) is 0.300. The van der Waals surface area contributed by atoms with Crippen LogP contribution < -0.4 is 5.32 Å². The summed E-state index contributed by atoms with van der Waals surface area (Å²) in [4.78, 5) is 26.2. The minimum absolute atomic E-state index is 0.213. The number of thiazole rings is 1. The van der Waals surface area contributed by atoms with Crippen molar-refractivity contribution < 1.29 is 14.7 Å². The van der Waals surface area contributed by atoms with Crippen molar-refractivity contribution in [2.45, 2.75) is 12.5 Å². The number of aliphatic carboxylic acids is 1. The Morgan fingerprint density at radius 2 is 2.31 bits per heavy atom. The Morgan fingerprint density at radius 1 is 1.50 bits per heavy atom. The zero-order valence-electron chi connectivity index (χ0n) is 8.29. The highest BCUT2D eigenvalue weighted by atomic mass is 32.1. The average Bonchev–Trinajstić information content (AvgIpc) is 2.87. The zero-order valence-corrected chi connectivity index (χ0v) is 9.11. The molecule has 1 aliphatic carbocycles. The van der Waals surface area contributed by atoms with E-state index in [1.165, 1.54) is 11.3 Å². The molecule has 0 spiro atoms. The van der Waals surface area contributed by atoms with E-state index in [2.05, 4.69) is 10.3 Å². The van der Waals surface area contributed by atoms with E-state index in [1.807, 2.05) is 0 Å². The minimum Gasteiger partial charge on any atom is -0.481 e. The molecular weight excluding hydrogens is 228 g/mol. The van der Waals surface area contributed by atoms with Gasteiger partial charge in [0.1, 0.15) is 5.69 Å². The molecular formula is C10H10N2O3S. The van der Waals surface area contributed by atoms with Crippen LogP contribution in [0, 0.1) is 5.92 Å². The first-order chi connectivity index (χ1) is 7.66. The van der Waals surface area contributed by atoms with Gasteiger partial charge in [-0.25, -0.2) is 4.98 Å². The molecule has 0 radical (unpaired) electrons. The fourth-order valence-electron chi connectivity index (χ4n) is 1.56. The van der Waals surface area contributed by atoms with Gasteiger partial charge < -0.3 is 10.4 Å². The first kappa shape index (κ1) is 10.8. The van der Waals surface area contributed by atoms with Crippen molar-refractivity contribution in [1.29, 1.82) is 0 Å². The molecule has 0 bridgehead atoms. The van der Waals surface area contributed by atoms with Gasteiger partial charge in [0, 0.05) is 11.4 Å². The molecule has 0 aliphatic heterocycles. The van der Waals surface area contributed by atoms with Crippen LogP contribution >= 0.6 is 11.3 Å². The number of amides is 1. The number of carbonyl (C=O) groups excluding carboxylic acids is 1. The van der Waals surface area contributed by atoms with Crippen molar-refractivity contribution >= 4 is 23.2 Å². The number of aromatic nitrogens is 1. The summed E-state index contributed by atoms with van der Waals surface area (Å²) in [5.41, 5.74) is 1.96. The second-order valence-electron chi connectivity index (χ2n) is 3.52. The van der Waals surface area contributed by atoms with Crippen LogP contribution in [-0.4, -0.2) is 28.0 Å². The molecule has 16 heavy (non-hydrogen) atoms. The molecule has 6 heteroatoms. The lowest BCUT2D eigenvalue weighted by Gasteiger charge is -2.10. The second kappa shape index (κ2) is 4.44. The summed E-state index contributed by atoms with van der Waals surface area (Å²) in [6.45, 7) is 0. The standard InChI is InChI=1S/C10H10N2O3S/c13-9(8-4-16-5-11-8)12-7-2-1-6(3-7)10(14)15/h1-2,4-7H,3H2,(H,12,13)(H,14,15). The molecule has 0 fully saturated rings. The lowest BCUT2D eigenvalue weighted by molar-refractivity contribution is -0.140. The summed E-state index contributed by atoms with van der Waals surface area (Å²) in [6.07, 6.45) is 3.72. The SMILES string of the molecule is O=C(NC1C=CC(C(=O)O)C1)c1cscn1. The predicted octanol–water partition coefficient (Wildman–Crippen LogP) is 0.902. The molecule has 1 amide bonds. The van der Waals surface area contributed by atoms with Crippen LogP contribution in [0.3, 0.4) is 0 Å². The number of hydrogen-bond donors (Lipinski definition) is 2. The number of carboxylic acids is 1. The van der Waals surface area contributed by atoms with E-state index in [-0.39, 0.29) is 11.9 Å². The van der Waals surface area contributed by atoms with E-state index < -0.39 is 11.9 Å². The number of nitrogens with zero attached hydrogens (tertiary/aromatic N) is 1. The van der Waals surface area contributed by atoms with Gasteiger partial charge in [0.05, 0.1) is 11.4 Å². The van der Waals surface area contributed by atoms with Crippen LogP contribution in [-0.2, 0) is 4.79 Å². The molecule has 1 aromatic heterocycles. The largest absolute Gasteiger partial charge is 0.481 e. The molecule has 1 heterocycles. The quantitative estimate of drug-likeness (QED) is 0.767. The van der Waals surface area contributed by atoms with Crippen molar-refractivity contribution in [1.82, 2.24) is 10.3 Å². The lowest BCUT2D eigenvalue weighted by atomic mass is 10.1. The van der Waals surface area contributed by atoms with Crippen LogP contribution in [0.4, 0.5) is 0 Å². The monoisotopic (exact) mass is 238 g/mol. The summed E-state index contributed by atoms with van der Waals surface area (Å²) >= 11 is 1.35. The zero-order chi connectivity index (χ0) is 11.5. The number of nitrogens with one attached hydrogen (secondary N) is 1. The maximum atomic E-state index is 11.6. The highest BCUT2D eigenvalue weighted by Crippen LogP contribution is 2.18. The normalized spacial score (nSPS) is 23.2. The van der Waals surface area contributed by atoms with E-state index in [0.717, 1.165) is 0 Å². The molecule has 2 rings (SSSR count). The van der Waals surface area contributed by atoms with E-state index in [0.29, 0.717) is 12.1 Å². The van der Waals surface area contributed by atoms with Crippen molar-refractivity contribution in [3.8, 4) is 0 Å². The third kappa shape index (κ3) is 2.27. The molecule has 1 aliphatic rings. The molecule has 84 valence electrons. The third-order valence-electron chi connectivity index (χ3n) is 2.38. The molecule has 0 saturated heterocycles. The highest BCUT2D eigenvalue weighted by Gasteiger charge is 2.25. The number of hydrogen-bond acceptors (Lipinski definition) is 4. The van der Waals surface area contributed by atoms with Crippen LogP contribution in [0.5, 0.6) is 0 Å². The summed E-state index contributed by atoms with van der Waals surface area (Å²) in [6, 6.07) is -0.213. The van der Waals surface area contributed by atoms with Gasteiger partial charge in [0.15, 0.2) is 0 Å². The Balaban J connectivity index is 1.91. The first-order valence-electron chi connectivity index (χ1n) is 4.77. The Hall–Kier alpha value is -1.69. The van der Waals surface area contributed by atoms with Gasteiger partial charge >= 0.3 is 5.97 Å². The van der Waals surface area contributed by atoms with Crippen LogP contribution in [0.25, 0.3) is 0 Å². The van der Waals surface area contributed by atoms with Gasteiger partial charge in [-0.05, 0) is 6.42 Å². The van der Waals surface area contributed by atoms with Gasteiger partial charge in [-0.1, -0.05) is 12.2 Å². The van der Waals surface area contributed by atoms with Crippen molar-refractivity contribution in [3.05, 3.63) is 28.7 Å². The third-order valence-corrected chi connectivity index (χ3v) is 2.97. The van der Waals surface area contributed by atoms with E-state index in [1.54, 1.807) is 23.0 Å². The maximum absolute atomic E-state index is 11.6. The molecule has 2 unspecified atom stereocenters. The van der Waals surface area contributed by atoms with E-state index in [9.17, 15) is 9.59 Å². The summed E-state index contributed by atoms with van der Waals surface area (Å²) in [5, 5.41) is 13.2. The van der Waals surface area contributed by atoms with Crippen LogP contribution in [0.15, 0.2) is 23.0 Å². The smallest absolute Gasteiger partial charge is 0.310 e. The number of rotatable bonds is 3. The fourth-order valence-corrected chi connectivity index (χ4v) is 2.09. The Kier molecular flexibility index (Phi) is 3.00. The molecule has 2 atom stereocenters. The van der Waals surface area contributed by atoms with Crippen molar-refractivity contribution in [3.63, 3.8) is 0 Å². The number of carboxylic acid groups (broad SMARTS) is 1. The highest BCUT2D eigenvalue weighted by molar-refractivity contribution is 7.07. The summed E-state index contributed by atoms with van der Waals surface area (Å²) in [7, 11) is 0. The Morgan fingerprint density at radius 3 is 2.88 bits per heavy atom.